The minimum atomic E-state index is -0.131. The molecule has 0 atom stereocenters. The zero-order valence-corrected chi connectivity index (χ0v) is 10.1. The Kier molecular flexibility index (Phi) is 2.74. The fourth-order valence-electron chi connectivity index (χ4n) is 1.31. The summed E-state index contributed by atoms with van der Waals surface area (Å²) in [5, 5.41) is 7.38. The van der Waals surface area contributed by atoms with E-state index in [2.05, 4.69) is 26.2 Å². The Morgan fingerprint density at radius 1 is 1.50 bits per heavy atom. The van der Waals surface area contributed by atoms with Gasteiger partial charge < -0.3 is 5.73 Å². The second kappa shape index (κ2) is 4.05. The second-order valence-corrected chi connectivity index (χ2v) is 4.16. The number of carbonyl (C=O) groups excluding carboxylic acids is 1. The van der Waals surface area contributed by atoms with E-state index in [4.69, 9.17) is 5.73 Å². The highest BCUT2D eigenvalue weighted by Crippen LogP contribution is 2.21. The van der Waals surface area contributed by atoms with Crippen molar-refractivity contribution in [2.24, 2.45) is 7.05 Å². The summed E-state index contributed by atoms with van der Waals surface area (Å²) in [6, 6.07) is 5.04. The number of carbonyl (C=O) groups is 1. The lowest BCUT2D eigenvalue weighted by atomic mass is 10.1. The monoisotopic (exact) mass is 280 g/mol. The Hall–Kier alpha value is -1.69. The van der Waals surface area contributed by atoms with Crippen molar-refractivity contribution in [2.45, 2.75) is 0 Å². The molecule has 16 heavy (non-hydrogen) atoms. The van der Waals surface area contributed by atoms with Crippen molar-refractivity contribution in [3.63, 3.8) is 0 Å². The van der Waals surface area contributed by atoms with Gasteiger partial charge in [0.05, 0.1) is 6.20 Å². The molecule has 2 N–H and O–H groups in total. The molecule has 0 bridgehead atoms. The summed E-state index contributed by atoms with van der Waals surface area (Å²) < 4.78 is 2.14. The highest BCUT2D eigenvalue weighted by atomic mass is 79.9. The maximum atomic E-state index is 12.0. The lowest BCUT2D eigenvalue weighted by molar-refractivity contribution is 0.103. The quantitative estimate of drug-likeness (QED) is 0.667. The van der Waals surface area contributed by atoms with E-state index >= 15 is 0 Å². The van der Waals surface area contributed by atoms with Crippen molar-refractivity contribution < 1.29 is 4.79 Å². The summed E-state index contributed by atoms with van der Waals surface area (Å²) in [5.41, 5.74) is 7.24. The van der Waals surface area contributed by atoms with Gasteiger partial charge in [-0.25, -0.2) is 4.68 Å². The van der Waals surface area contributed by atoms with Crippen LogP contribution >= 0.6 is 15.9 Å². The molecule has 0 saturated carbocycles. The molecule has 0 aliphatic rings. The molecule has 2 aromatic rings. The summed E-state index contributed by atoms with van der Waals surface area (Å²) in [7, 11) is 1.67. The molecule has 0 unspecified atom stereocenters. The van der Waals surface area contributed by atoms with E-state index in [0.717, 1.165) is 0 Å². The molecule has 1 heterocycles. The minimum Gasteiger partial charge on any atom is -0.398 e. The zero-order valence-electron chi connectivity index (χ0n) is 8.51. The Labute approximate surface area is 100 Å². The molecule has 0 amide bonds. The smallest absolute Gasteiger partial charge is 0.212 e. The van der Waals surface area contributed by atoms with Crippen molar-refractivity contribution in [3.8, 4) is 0 Å². The van der Waals surface area contributed by atoms with Crippen LogP contribution in [0.4, 0.5) is 5.69 Å². The van der Waals surface area contributed by atoms with Gasteiger partial charge >= 0.3 is 0 Å². The van der Waals surface area contributed by atoms with Crippen molar-refractivity contribution in [3.05, 3.63) is 40.1 Å². The largest absolute Gasteiger partial charge is 0.398 e. The molecule has 0 saturated heterocycles. The van der Waals surface area contributed by atoms with Crippen LogP contribution in [0.1, 0.15) is 16.1 Å². The molecule has 5 nitrogen and oxygen atoms in total. The van der Waals surface area contributed by atoms with Gasteiger partial charge in [0.2, 0.25) is 5.78 Å². The van der Waals surface area contributed by atoms with Crippen LogP contribution in [0.2, 0.25) is 0 Å². The fraction of sp³-hybridized carbons (Fsp3) is 0.100. The number of aromatic nitrogens is 3. The Bertz CT molecular complexity index is 550. The predicted octanol–water partition coefficient (Wildman–Crippen LogP) is 1.39. The number of nitrogens with two attached hydrogens (primary N) is 1. The summed E-state index contributed by atoms with van der Waals surface area (Å²) >= 11 is 3.28. The standard InChI is InChI=1S/C10H9BrN4O/c1-15-9(5-13-14-15)10(16)6-2-3-8(12)7(11)4-6/h2-5H,12H2,1H3. The molecular weight excluding hydrogens is 272 g/mol. The van der Waals surface area contributed by atoms with E-state index in [-0.39, 0.29) is 5.78 Å². The minimum absolute atomic E-state index is 0.131. The van der Waals surface area contributed by atoms with Gasteiger partial charge in [0, 0.05) is 22.8 Å². The molecule has 0 fully saturated rings. The molecular formula is C10H9BrN4O. The molecule has 0 radical (unpaired) electrons. The van der Waals surface area contributed by atoms with Crippen LogP contribution in [-0.2, 0) is 7.05 Å². The number of anilines is 1. The number of halogens is 1. The van der Waals surface area contributed by atoms with E-state index in [9.17, 15) is 4.79 Å². The van der Waals surface area contributed by atoms with Crippen molar-refractivity contribution >= 4 is 27.4 Å². The first-order chi connectivity index (χ1) is 7.59. The maximum absolute atomic E-state index is 12.0. The van der Waals surface area contributed by atoms with Crippen LogP contribution in [0.5, 0.6) is 0 Å². The van der Waals surface area contributed by atoms with Crippen LogP contribution in [0.25, 0.3) is 0 Å². The van der Waals surface area contributed by atoms with Gasteiger partial charge in [0.15, 0.2) is 0 Å². The van der Waals surface area contributed by atoms with Crippen LogP contribution in [-0.4, -0.2) is 20.8 Å². The SMILES string of the molecule is Cn1nncc1C(=O)c1ccc(N)c(Br)c1. The van der Waals surface area contributed by atoms with Gasteiger partial charge in [-0.3, -0.25) is 4.79 Å². The van der Waals surface area contributed by atoms with E-state index in [1.165, 1.54) is 10.9 Å². The van der Waals surface area contributed by atoms with Crippen molar-refractivity contribution in [1.82, 2.24) is 15.0 Å². The summed E-state index contributed by atoms with van der Waals surface area (Å²) in [4.78, 5) is 12.0. The van der Waals surface area contributed by atoms with Crippen LogP contribution < -0.4 is 5.73 Å². The third-order valence-electron chi connectivity index (χ3n) is 2.21. The first-order valence-corrected chi connectivity index (χ1v) is 5.33. The molecule has 0 aliphatic carbocycles. The molecule has 2 rings (SSSR count). The van der Waals surface area contributed by atoms with E-state index < -0.39 is 0 Å². The average molecular weight is 281 g/mol. The fourth-order valence-corrected chi connectivity index (χ4v) is 1.69. The van der Waals surface area contributed by atoms with Crippen molar-refractivity contribution in [1.29, 1.82) is 0 Å². The van der Waals surface area contributed by atoms with Gasteiger partial charge in [0.1, 0.15) is 5.69 Å². The third-order valence-corrected chi connectivity index (χ3v) is 2.90. The van der Waals surface area contributed by atoms with E-state index in [0.29, 0.717) is 21.4 Å². The van der Waals surface area contributed by atoms with Gasteiger partial charge in [-0.2, -0.15) is 0 Å². The number of nitrogens with zero attached hydrogens (tertiary/aromatic N) is 3. The molecule has 82 valence electrons. The number of hydrogen-bond donors (Lipinski definition) is 1. The average Bonchev–Trinajstić information content (AvgIpc) is 2.67. The number of nitrogen functional groups attached to an aromatic ring is 1. The maximum Gasteiger partial charge on any atom is 0.212 e. The lowest BCUT2D eigenvalue weighted by Crippen LogP contribution is -2.08. The third kappa shape index (κ3) is 1.83. The zero-order chi connectivity index (χ0) is 11.7. The predicted molar refractivity (Wildman–Crippen MR) is 63.0 cm³/mol. The molecule has 6 heteroatoms. The summed E-state index contributed by atoms with van der Waals surface area (Å²) in [6.45, 7) is 0. The van der Waals surface area contributed by atoms with Crippen LogP contribution in [0.15, 0.2) is 28.9 Å². The van der Waals surface area contributed by atoms with Gasteiger partial charge in [-0.15, -0.1) is 5.10 Å². The number of aryl methyl sites for hydroxylation is 1. The first kappa shape index (κ1) is 10.8. The summed E-state index contributed by atoms with van der Waals surface area (Å²) in [6.07, 6.45) is 1.44. The topological polar surface area (TPSA) is 73.8 Å². The van der Waals surface area contributed by atoms with Gasteiger partial charge in [0.25, 0.3) is 0 Å². The highest BCUT2D eigenvalue weighted by Gasteiger charge is 2.14. The Balaban J connectivity index is 2.42. The van der Waals surface area contributed by atoms with E-state index in [1.807, 2.05) is 0 Å². The molecule has 1 aromatic carbocycles. The first-order valence-electron chi connectivity index (χ1n) is 4.54. The molecule has 0 aliphatic heterocycles. The van der Waals surface area contributed by atoms with Gasteiger partial charge in [-0.05, 0) is 34.1 Å². The Morgan fingerprint density at radius 2 is 2.25 bits per heavy atom. The number of ketones is 1. The van der Waals surface area contributed by atoms with Crippen LogP contribution in [0, 0.1) is 0 Å². The normalized spacial score (nSPS) is 10.4. The number of hydrogen-bond acceptors (Lipinski definition) is 4. The molecule has 0 spiro atoms. The Morgan fingerprint density at radius 3 is 2.81 bits per heavy atom. The number of rotatable bonds is 2. The highest BCUT2D eigenvalue weighted by molar-refractivity contribution is 9.10. The lowest BCUT2D eigenvalue weighted by Gasteiger charge is -2.03. The van der Waals surface area contributed by atoms with Crippen molar-refractivity contribution in [2.75, 3.05) is 5.73 Å². The van der Waals surface area contributed by atoms with Crippen LogP contribution in [0.3, 0.4) is 0 Å². The molecule has 1 aromatic heterocycles. The van der Waals surface area contributed by atoms with Gasteiger partial charge in [-0.1, -0.05) is 5.21 Å². The summed E-state index contributed by atoms with van der Waals surface area (Å²) in [5.74, 6) is -0.131. The second-order valence-electron chi connectivity index (χ2n) is 3.31. The van der Waals surface area contributed by atoms with E-state index in [1.54, 1.807) is 25.2 Å². The number of benzene rings is 1.